The van der Waals surface area contributed by atoms with E-state index in [0.717, 1.165) is 31.1 Å². The molecule has 126 valence electrons. The normalized spacial score (nSPS) is 22.0. The van der Waals surface area contributed by atoms with Gasteiger partial charge in [0, 0.05) is 26.1 Å². The Labute approximate surface area is 132 Å². The van der Waals surface area contributed by atoms with Gasteiger partial charge in [-0.2, -0.15) is 5.10 Å². The monoisotopic (exact) mass is 311 g/mol. The van der Waals surface area contributed by atoms with Gasteiger partial charge in [0.2, 0.25) is 0 Å². The third-order valence-electron chi connectivity index (χ3n) is 3.87. The minimum Gasteiger partial charge on any atom is -0.389 e. The van der Waals surface area contributed by atoms with Gasteiger partial charge in [-0.25, -0.2) is 9.67 Å². The maximum atomic E-state index is 10.1. The molecule has 0 amide bonds. The van der Waals surface area contributed by atoms with Gasteiger partial charge in [0.25, 0.3) is 0 Å². The molecule has 1 fully saturated rings. The first-order valence-electron chi connectivity index (χ1n) is 7.99. The van der Waals surface area contributed by atoms with Crippen LogP contribution in [0, 0.1) is 0 Å². The molecule has 0 aliphatic carbocycles. The van der Waals surface area contributed by atoms with Gasteiger partial charge >= 0.3 is 0 Å². The molecule has 2 heterocycles. The van der Waals surface area contributed by atoms with Crippen LogP contribution in [0.4, 0.5) is 0 Å². The minimum absolute atomic E-state index is 0.138. The highest BCUT2D eigenvalue weighted by Crippen LogP contribution is 2.35. The van der Waals surface area contributed by atoms with Crippen LogP contribution in [0.1, 0.15) is 58.1 Å². The van der Waals surface area contributed by atoms with E-state index in [9.17, 15) is 5.11 Å². The van der Waals surface area contributed by atoms with Gasteiger partial charge < -0.3 is 14.6 Å². The second-order valence-electron chi connectivity index (χ2n) is 7.40. The van der Waals surface area contributed by atoms with E-state index in [4.69, 9.17) is 14.5 Å². The molecule has 0 spiro atoms. The van der Waals surface area contributed by atoms with Crippen LogP contribution in [0.3, 0.4) is 0 Å². The number of methoxy groups -OCH3 is 1. The van der Waals surface area contributed by atoms with Gasteiger partial charge in [-0.3, -0.25) is 0 Å². The van der Waals surface area contributed by atoms with E-state index in [1.165, 1.54) is 0 Å². The zero-order valence-electron chi connectivity index (χ0n) is 14.4. The van der Waals surface area contributed by atoms with Crippen molar-refractivity contribution in [3.63, 3.8) is 0 Å². The summed E-state index contributed by atoms with van der Waals surface area (Å²) in [6.45, 7) is 9.59. The van der Waals surface area contributed by atoms with E-state index >= 15 is 0 Å². The number of hydrogen-bond donors (Lipinski definition) is 1. The van der Waals surface area contributed by atoms with Crippen molar-refractivity contribution < 1.29 is 14.6 Å². The molecule has 1 N–H and O–H groups in total. The van der Waals surface area contributed by atoms with Gasteiger partial charge in [0.1, 0.15) is 5.82 Å². The first kappa shape index (κ1) is 17.4. The molecule has 1 aliphatic heterocycles. The molecule has 0 radical (unpaired) electrons. The number of ether oxygens (including phenoxy) is 2. The van der Waals surface area contributed by atoms with Crippen molar-refractivity contribution >= 4 is 0 Å². The first-order valence-corrected chi connectivity index (χ1v) is 7.99. The number of nitrogens with zero attached hydrogens (tertiary/aromatic N) is 3. The minimum atomic E-state index is -0.818. The Balaban J connectivity index is 2.24. The van der Waals surface area contributed by atoms with Crippen LogP contribution in [0.25, 0.3) is 0 Å². The molecule has 22 heavy (non-hydrogen) atoms. The van der Waals surface area contributed by atoms with Crippen molar-refractivity contribution in [1.82, 2.24) is 14.8 Å². The highest BCUT2D eigenvalue weighted by atomic mass is 16.5. The predicted octanol–water partition coefficient (Wildman–Crippen LogP) is 1.91. The van der Waals surface area contributed by atoms with Crippen LogP contribution in [0.15, 0.2) is 0 Å². The Bertz CT molecular complexity index is 491. The van der Waals surface area contributed by atoms with Crippen LogP contribution >= 0.6 is 0 Å². The summed E-state index contributed by atoms with van der Waals surface area (Å²) < 4.78 is 12.8. The van der Waals surface area contributed by atoms with Crippen LogP contribution < -0.4 is 0 Å². The number of hydrogen-bond acceptors (Lipinski definition) is 5. The van der Waals surface area contributed by atoms with Gasteiger partial charge in [-0.05, 0) is 40.5 Å². The predicted molar refractivity (Wildman–Crippen MR) is 83.9 cm³/mol. The van der Waals surface area contributed by atoms with Crippen molar-refractivity contribution in [3.05, 3.63) is 11.6 Å². The number of aromatic nitrogens is 3. The molecule has 1 aromatic heterocycles. The summed E-state index contributed by atoms with van der Waals surface area (Å²) in [6, 6.07) is 0. The van der Waals surface area contributed by atoms with Crippen LogP contribution in [-0.4, -0.2) is 51.4 Å². The fraction of sp³-hybridized carbons (Fsp3) is 0.875. The second kappa shape index (κ2) is 6.64. The maximum absolute atomic E-state index is 10.1. The Kier molecular flexibility index (Phi) is 5.25. The lowest BCUT2D eigenvalue weighted by Crippen LogP contribution is -2.35. The topological polar surface area (TPSA) is 69.4 Å². The summed E-state index contributed by atoms with van der Waals surface area (Å²) >= 11 is 0. The van der Waals surface area contributed by atoms with E-state index in [-0.39, 0.29) is 5.60 Å². The molecular formula is C16H29N3O3. The molecule has 1 aromatic rings. The standard InChI is InChI=1S/C16H29N3O3/c1-15(2,20)11-19-14(17-13(18-19)7-8-21-5)12-6-9-22-16(3,4)10-12/h12,20H,6-11H2,1-5H3/t12-/m0/s1. The molecule has 0 aromatic carbocycles. The fourth-order valence-corrected chi connectivity index (χ4v) is 2.94. The molecule has 1 aliphatic rings. The fourth-order valence-electron chi connectivity index (χ4n) is 2.94. The van der Waals surface area contributed by atoms with E-state index in [2.05, 4.69) is 18.9 Å². The zero-order valence-corrected chi connectivity index (χ0v) is 14.4. The maximum Gasteiger partial charge on any atom is 0.153 e. The summed E-state index contributed by atoms with van der Waals surface area (Å²) in [5.74, 6) is 2.06. The summed E-state index contributed by atoms with van der Waals surface area (Å²) in [7, 11) is 1.68. The smallest absolute Gasteiger partial charge is 0.153 e. The molecular weight excluding hydrogens is 282 g/mol. The van der Waals surface area contributed by atoms with Crippen molar-refractivity contribution in [3.8, 4) is 0 Å². The quantitative estimate of drug-likeness (QED) is 0.869. The van der Waals surface area contributed by atoms with E-state index in [1.807, 2.05) is 4.68 Å². The van der Waals surface area contributed by atoms with Crippen molar-refractivity contribution in [2.45, 2.75) is 70.6 Å². The van der Waals surface area contributed by atoms with Crippen molar-refractivity contribution in [2.75, 3.05) is 20.3 Å². The van der Waals surface area contributed by atoms with Crippen LogP contribution in [-0.2, 0) is 22.4 Å². The molecule has 0 saturated carbocycles. The Hall–Kier alpha value is -0.980. The highest BCUT2D eigenvalue weighted by Gasteiger charge is 2.33. The summed E-state index contributed by atoms with van der Waals surface area (Å²) in [4.78, 5) is 4.73. The number of aliphatic hydroxyl groups is 1. The first-order chi connectivity index (χ1) is 10.2. The average molecular weight is 311 g/mol. The zero-order chi connectivity index (χ0) is 16.4. The molecule has 1 atom stereocenters. The lowest BCUT2D eigenvalue weighted by Gasteiger charge is -2.35. The number of rotatable bonds is 6. The molecule has 0 unspecified atom stereocenters. The van der Waals surface area contributed by atoms with Gasteiger partial charge in [0.05, 0.1) is 24.4 Å². The van der Waals surface area contributed by atoms with Gasteiger partial charge in [-0.15, -0.1) is 0 Å². The average Bonchev–Trinajstić information content (AvgIpc) is 2.76. The Morgan fingerprint density at radius 3 is 2.77 bits per heavy atom. The van der Waals surface area contributed by atoms with E-state index in [1.54, 1.807) is 21.0 Å². The van der Waals surface area contributed by atoms with Crippen LogP contribution in [0.5, 0.6) is 0 Å². The summed E-state index contributed by atoms with van der Waals surface area (Å²) in [5.41, 5.74) is -0.956. The second-order valence-corrected chi connectivity index (χ2v) is 7.40. The molecule has 6 heteroatoms. The SMILES string of the molecule is COCCc1nc([C@H]2CCOC(C)(C)C2)n(CC(C)(C)O)n1. The summed E-state index contributed by atoms with van der Waals surface area (Å²) in [6.07, 6.45) is 2.55. The highest BCUT2D eigenvalue weighted by molar-refractivity contribution is 5.05. The van der Waals surface area contributed by atoms with Gasteiger partial charge in [0.15, 0.2) is 5.82 Å². The molecule has 0 bridgehead atoms. The molecule has 1 saturated heterocycles. The third kappa shape index (κ3) is 4.76. The molecule has 6 nitrogen and oxygen atoms in total. The largest absolute Gasteiger partial charge is 0.389 e. The molecule has 2 rings (SSSR count). The van der Waals surface area contributed by atoms with Crippen molar-refractivity contribution in [1.29, 1.82) is 0 Å². The van der Waals surface area contributed by atoms with Crippen LogP contribution in [0.2, 0.25) is 0 Å². The van der Waals surface area contributed by atoms with E-state index < -0.39 is 5.60 Å². The lowest BCUT2D eigenvalue weighted by molar-refractivity contribution is -0.0611. The summed E-state index contributed by atoms with van der Waals surface area (Å²) in [5, 5.41) is 14.7. The van der Waals surface area contributed by atoms with Gasteiger partial charge in [-0.1, -0.05) is 0 Å². The third-order valence-corrected chi connectivity index (χ3v) is 3.87. The lowest BCUT2D eigenvalue weighted by atomic mass is 9.87. The van der Waals surface area contributed by atoms with Crippen molar-refractivity contribution in [2.24, 2.45) is 0 Å². The Morgan fingerprint density at radius 2 is 2.18 bits per heavy atom. The van der Waals surface area contributed by atoms with E-state index in [0.29, 0.717) is 25.5 Å². The Morgan fingerprint density at radius 1 is 1.45 bits per heavy atom.